The van der Waals surface area contributed by atoms with Crippen LogP contribution in [0.5, 0.6) is 5.75 Å². The highest BCUT2D eigenvalue weighted by atomic mass is 35.5. The Morgan fingerprint density at radius 2 is 2.20 bits per heavy atom. The predicted octanol–water partition coefficient (Wildman–Crippen LogP) is 1.80. The highest BCUT2D eigenvalue weighted by Crippen LogP contribution is 2.22. The van der Waals surface area contributed by atoms with Crippen LogP contribution >= 0.6 is 24.0 Å². The molecule has 0 amide bonds. The van der Waals surface area contributed by atoms with Gasteiger partial charge in [-0.05, 0) is 18.2 Å². The molecule has 0 bridgehead atoms. The van der Waals surface area contributed by atoms with E-state index in [4.69, 9.17) is 27.2 Å². The second kappa shape index (κ2) is 6.50. The number of halogens is 2. The van der Waals surface area contributed by atoms with Crippen LogP contribution in [0.2, 0.25) is 5.02 Å². The summed E-state index contributed by atoms with van der Waals surface area (Å²) in [6, 6.07) is 4.43. The molecular formula is C9H11Cl2NO3. The Morgan fingerprint density at radius 3 is 2.73 bits per heavy atom. The number of carbonyl (C=O) groups is 1. The van der Waals surface area contributed by atoms with Crippen molar-refractivity contribution in [2.45, 2.75) is 0 Å². The normalized spacial score (nSPS) is 9.20. The SMILES string of the molecule is Cl.NCCOc1ccc(Cl)cc1C(=O)O. The van der Waals surface area contributed by atoms with E-state index in [-0.39, 0.29) is 30.3 Å². The molecule has 6 heteroatoms. The third-order valence-electron chi connectivity index (χ3n) is 1.55. The zero-order chi connectivity index (χ0) is 10.6. The average Bonchev–Trinajstić information content (AvgIpc) is 2.15. The predicted molar refractivity (Wildman–Crippen MR) is 60.2 cm³/mol. The van der Waals surface area contributed by atoms with Gasteiger partial charge in [-0.15, -0.1) is 12.4 Å². The van der Waals surface area contributed by atoms with Gasteiger partial charge in [0.25, 0.3) is 0 Å². The van der Waals surface area contributed by atoms with Crippen molar-refractivity contribution in [3.05, 3.63) is 28.8 Å². The van der Waals surface area contributed by atoms with Crippen molar-refractivity contribution in [2.75, 3.05) is 13.2 Å². The molecule has 0 heterocycles. The molecule has 3 N–H and O–H groups in total. The van der Waals surface area contributed by atoms with Crippen LogP contribution in [0.3, 0.4) is 0 Å². The second-order valence-electron chi connectivity index (χ2n) is 2.58. The van der Waals surface area contributed by atoms with Crippen LogP contribution in [-0.4, -0.2) is 24.2 Å². The summed E-state index contributed by atoms with van der Waals surface area (Å²) in [5.41, 5.74) is 5.28. The first-order valence-corrected chi connectivity index (χ1v) is 4.38. The first-order chi connectivity index (χ1) is 6.65. The lowest BCUT2D eigenvalue weighted by Gasteiger charge is -2.07. The highest BCUT2D eigenvalue weighted by molar-refractivity contribution is 6.31. The number of benzene rings is 1. The zero-order valence-electron chi connectivity index (χ0n) is 7.77. The fourth-order valence-electron chi connectivity index (χ4n) is 0.964. The molecule has 1 rings (SSSR count). The van der Waals surface area contributed by atoms with Gasteiger partial charge < -0.3 is 15.6 Å². The molecule has 1 aromatic carbocycles. The van der Waals surface area contributed by atoms with E-state index in [0.717, 1.165) is 0 Å². The number of ether oxygens (including phenoxy) is 1. The van der Waals surface area contributed by atoms with E-state index in [0.29, 0.717) is 11.6 Å². The van der Waals surface area contributed by atoms with E-state index in [2.05, 4.69) is 0 Å². The monoisotopic (exact) mass is 251 g/mol. The van der Waals surface area contributed by atoms with Crippen molar-refractivity contribution in [2.24, 2.45) is 5.73 Å². The summed E-state index contributed by atoms with van der Waals surface area (Å²) < 4.78 is 5.14. The molecule has 84 valence electrons. The number of aromatic carboxylic acids is 1. The Bertz CT molecular complexity index is 344. The molecule has 0 spiro atoms. The van der Waals surface area contributed by atoms with Crippen molar-refractivity contribution in [3.63, 3.8) is 0 Å². The van der Waals surface area contributed by atoms with Crippen LogP contribution < -0.4 is 10.5 Å². The molecule has 0 aliphatic rings. The van der Waals surface area contributed by atoms with E-state index >= 15 is 0 Å². The van der Waals surface area contributed by atoms with Gasteiger partial charge in [0, 0.05) is 11.6 Å². The van der Waals surface area contributed by atoms with Crippen LogP contribution in [-0.2, 0) is 0 Å². The smallest absolute Gasteiger partial charge is 0.339 e. The van der Waals surface area contributed by atoms with Crippen molar-refractivity contribution in [3.8, 4) is 5.75 Å². The summed E-state index contributed by atoms with van der Waals surface area (Å²) in [4.78, 5) is 10.8. The average molecular weight is 252 g/mol. The topological polar surface area (TPSA) is 72.5 Å². The number of carboxylic acid groups (broad SMARTS) is 1. The van der Waals surface area contributed by atoms with Crippen LogP contribution in [0.4, 0.5) is 0 Å². The molecular weight excluding hydrogens is 241 g/mol. The van der Waals surface area contributed by atoms with Gasteiger partial charge in [-0.25, -0.2) is 4.79 Å². The van der Waals surface area contributed by atoms with Crippen molar-refractivity contribution < 1.29 is 14.6 Å². The summed E-state index contributed by atoms with van der Waals surface area (Å²) in [5, 5.41) is 9.18. The molecule has 0 unspecified atom stereocenters. The summed E-state index contributed by atoms with van der Waals surface area (Å²) >= 11 is 5.65. The Kier molecular flexibility index (Phi) is 6.08. The maximum Gasteiger partial charge on any atom is 0.339 e. The van der Waals surface area contributed by atoms with E-state index < -0.39 is 5.97 Å². The van der Waals surface area contributed by atoms with Crippen LogP contribution in [0, 0.1) is 0 Å². The van der Waals surface area contributed by atoms with Gasteiger partial charge in [-0.1, -0.05) is 11.6 Å². The van der Waals surface area contributed by atoms with Gasteiger partial charge in [-0.2, -0.15) is 0 Å². The largest absolute Gasteiger partial charge is 0.491 e. The Morgan fingerprint density at radius 1 is 1.53 bits per heavy atom. The Labute approximate surface area is 98.4 Å². The number of carboxylic acids is 1. The van der Waals surface area contributed by atoms with E-state index in [9.17, 15) is 4.79 Å². The molecule has 0 radical (unpaired) electrons. The fourth-order valence-corrected chi connectivity index (χ4v) is 1.14. The van der Waals surface area contributed by atoms with Crippen molar-refractivity contribution in [1.82, 2.24) is 0 Å². The number of rotatable bonds is 4. The molecule has 0 saturated heterocycles. The zero-order valence-corrected chi connectivity index (χ0v) is 9.35. The molecule has 0 saturated carbocycles. The standard InChI is InChI=1S/C9H10ClNO3.ClH/c10-6-1-2-8(14-4-3-11)7(5-6)9(12)13;/h1-2,5H,3-4,11H2,(H,12,13);1H. The first kappa shape index (κ1) is 14.0. The third kappa shape index (κ3) is 3.95. The Balaban J connectivity index is 0.00000196. The fraction of sp³-hybridized carbons (Fsp3) is 0.222. The minimum absolute atomic E-state index is 0. The van der Waals surface area contributed by atoms with E-state index in [1.807, 2.05) is 0 Å². The van der Waals surface area contributed by atoms with Gasteiger partial charge in [0.05, 0.1) is 0 Å². The van der Waals surface area contributed by atoms with Crippen molar-refractivity contribution in [1.29, 1.82) is 0 Å². The Hall–Kier alpha value is -0.970. The molecule has 1 aromatic rings. The quantitative estimate of drug-likeness (QED) is 0.856. The van der Waals surface area contributed by atoms with Gasteiger partial charge in [-0.3, -0.25) is 0 Å². The summed E-state index contributed by atoms with van der Waals surface area (Å²) in [6.07, 6.45) is 0. The van der Waals surface area contributed by atoms with E-state index in [1.54, 1.807) is 6.07 Å². The van der Waals surface area contributed by atoms with Crippen LogP contribution in [0.1, 0.15) is 10.4 Å². The molecule has 0 aliphatic carbocycles. The maximum atomic E-state index is 10.8. The molecule has 4 nitrogen and oxygen atoms in total. The number of hydrogen-bond donors (Lipinski definition) is 2. The third-order valence-corrected chi connectivity index (χ3v) is 1.78. The highest BCUT2D eigenvalue weighted by Gasteiger charge is 2.11. The van der Waals surface area contributed by atoms with Gasteiger partial charge in [0.15, 0.2) is 0 Å². The maximum absolute atomic E-state index is 10.8. The lowest BCUT2D eigenvalue weighted by molar-refractivity contribution is 0.0692. The molecule has 15 heavy (non-hydrogen) atoms. The van der Waals surface area contributed by atoms with Crippen molar-refractivity contribution >= 4 is 30.0 Å². The van der Waals surface area contributed by atoms with Crippen LogP contribution in [0.15, 0.2) is 18.2 Å². The minimum Gasteiger partial charge on any atom is -0.491 e. The second-order valence-corrected chi connectivity index (χ2v) is 3.02. The van der Waals surface area contributed by atoms with Gasteiger partial charge in [0.1, 0.15) is 17.9 Å². The lowest BCUT2D eigenvalue weighted by atomic mass is 10.2. The molecule has 0 aromatic heterocycles. The molecule has 0 atom stereocenters. The minimum atomic E-state index is -1.07. The number of nitrogens with two attached hydrogens (primary N) is 1. The first-order valence-electron chi connectivity index (χ1n) is 4.01. The van der Waals surface area contributed by atoms with E-state index in [1.165, 1.54) is 12.1 Å². The molecule has 0 aliphatic heterocycles. The lowest BCUT2D eigenvalue weighted by Crippen LogP contribution is -2.12. The summed E-state index contributed by atoms with van der Waals surface area (Å²) in [7, 11) is 0. The number of hydrogen-bond acceptors (Lipinski definition) is 3. The summed E-state index contributed by atoms with van der Waals surface area (Å²) in [5.74, 6) is -0.785. The van der Waals surface area contributed by atoms with Crippen LogP contribution in [0.25, 0.3) is 0 Å². The van der Waals surface area contributed by atoms with Gasteiger partial charge in [0.2, 0.25) is 0 Å². The molecule has 0 fully saturated rings. The summed E-state index contributed by atoms with van der Waals surface area (Å²) in [6.45, 7) is 0.615. The van der Waals surface area contributed by atoms with Gasteiger partial charge >= 0.3 is 5.97 Å².